The highest BCUT2D eigenvalue weighted by atomic mass is 16.5. The minimum Gasteiger partial charge on any atom is -0.457 e. The Labute approximate surface area is 208 Å². The average molecular weight is 470 g/mol. The van der Waals surface area contributed by atoms with Gasteiger partial charge in [-0.3, -0.25) is 9.69 Å². The Bertz CT molecular complexity index is 1090. The molecule has 2 saturated heterocycles. The third-order valence-electron chi connectivity index (χ3n) is 7.42. The van der Waals surface area contributed by atoms with Gasteiger partial charge in [0.1, 0.15) is 11.5 Å². The minimum atomic E-state index is -0.414. The Kier molecular flexibility index (Phi) is 7.45. The van der Waals surface area contributed by atoms with E-state index in [0.717, 1.165) is 75.5 Å². The molecule has 0 saturated carbocycles. The van der Waals surface area contributed by atoms with Gasteiger partial charge < -0.3 is 15.4 Å². The van der Waals surface area contributed by atoms with Gasteiger partial charge in [-0.2, -0.15) is 0 Å². The van der Waals surface area contributed by atoms with Crippen molar-refractivity contribution in [2.45, 2.75) is 43.7 Å². The lowest BCUT2D eigenvalue weighted by molar-refractivity contribution is -0.129. The molecule has 2 aliphatic rings. The largest absolute Gasteiger partial charge is 0.457 e. The van der Waals surface area contributed by atoms with Gasteiger partial charge in [0.25, 0.3) is 0 Å². The Morgan fingerprint density at radius 1 is 0.886 bits per heavy atom. The van der Waals surface area contributed by atoms with Crippen LogP contribution in [0.15, 0.2) is 84.9 Å². The van der Waals surface area contributed by atoms with E-state index in [-0.39, 0.29) is 11.9 Å². The summed E-state index contributed by atoms with van der Waals surface area (Å²) in [5.41, 5.74) is 1.98. The molecule has 0 atom stereocenters. The van der Waals surface area contributed by atoms with Crippen molar-refractivity contribution in [3.63, 3.8) is 0 Å². The highest BCUT2D eigenvalue weighted by Crippen LogP contribution is 2.34. The normalized spacial score (nSPS) is 18.6. The van der Waals surface area contributed by atoms with Crippen LogP contribution >= 0.6 is 0 Å². The van der Waals surface area contributed by atoms with E-state index in [2.05, 4.69) is 45.9 Å². The van der Waals surface area contributed by atoms with Crippen molar-refractivity contribution in [2.75, 3.05) is 26.2 Å². The van der Waals surface area contributed by atoms with E-state index >= 15 is 0 Å². The highest BCUT2D eigenvalue weighted by Gasteiger charge is 2.41. The Hall–Kier alpha value is -3.15. The zero-order valence-electron chi connectivity index (χ0n) is 20.3. The van der Waals surface area contributed by atoms with Crippen LogP contribution in [0.2, 0.25) is 0 Å². The first kappa shape index (κ1) is 23.6. The highest BCUT2D eigenvalue weighted by molar-refractivity contribution is 5.88. The Morgan fingerprint density at radius 2 is 1.54 bits per heavy atom. The second-order valence-corrected chi connectivity index (χ2v) is 9.78. The number of rotatable bonds is 7. The van der Waals surface area contributed by atoms with Gasteiger partial charge >= 0.3 is 0 Å². The van der Waals surface area contributed by atoms with Crippen LogP contribution in [0.1, 0.15) is 36.8 Å². The van der Waals surface area contributed by atoms with Crippen LogP contribution in [0.5, 0.6) is 11.5 Å². The average Bonchev–Trinajstić information content (AvgIpc) is 2.91. The number of nitrogens with zero attached hydrogens (tertiary/aromatic N) is 1. The molecule has 2 N–H and O–H groups in total. The molecule has 2 aliphatic heterocycles. The SMILES string of the molecule is O=C(NC1CCN(Cc2cccc(Oc3ccccc3)c2)CC1)C1(c2ccccc2)CCNCC1. The van der Waals surface area contributed by atoms with Crippen molar-refractivity contribution < 1.29 is 9.53 Å². The van der Waals surface area contributed by atoms with Crippen molar-refractivity contribution in [1.82, 2.24) is 15.5 Å². The van der Waals surface area contributed by atoms with Gasteiger partial charge in [-0.25, -0.2) is 0 Å². The molecule has 2 fully saturated rings. The molecule has 0 radical (unpaired) electrons. The van der Waals surface area contributed by atoms with Crippen LogP contribution in [0, 0.1) is 0 Å². The van der Waals surface area contributed by atoms with Gasteiger partial charge in [0.05, 0.1) is 5.41 Å². The van der Waals surface area contributed by atoms with Crippen molar-refractivity contribution >= 4 is 5.91 Å². The molecular formula is C30H35N3O2. The number of benzene rings is 3. The molecule has 0 spiro atoms. The molecule has 1 amide bonds. The van der Waals surface area contributed by atoms with Crippen LogP contribution in [-0.4, -0.2) is 43.0 Å². The summed E-state index contributed by atoms with van der Waals surface area (Å²) in [6.45, 7) is 4.62. The maximum atomic E-state index is 13.6. The third-order valence-corrected chi connectivity index (χ3v) is 7.42. The molecule has 2 heterocycles. The molecule has 5 nitrogen and oxygen atoms in total. The zero-order chi connectivity index (χ0) is 23.9. The van der Waals surface area contributed by atoms with E-state index < -0.39 is 5.41 Å². The lowest BCUT2D eigenvalue weighted by Gasteiger charge is -2.39. The van der Waals surface area contributed by atoms with Crippen LogP contribution in [0.4, 0.5) is 0 Å². The van der Waals surface area contributed by atoms with E-state index in [4.69, 9.17) is 4.74 Å². The molecule has 0 aliphatic carbocycles. The van der Waals surface area contributed by atoms with Crippen LogP contribution in [0.3, 0.4) is 0 Å². The van der Waals surface area contributed by atoms with Crippen LogP contribution in [0.25, 0.3) is 0 Å². The summed E-state index contributed by atoms with van der Waals surface area (Å²) in [6, 6.07) is 28.8. The molecule has 35 heavy (non-hydrogen) atoms. The molecular weight excluding hydrogens is 434 g/mol. The van der Waals surface area contributed by atoms with Gasteiger partial charge in [-0.15, -0.1) is 0 Å². The van der Waals surface area contributed by atoms with E-state index in [1.807, 2.05) is 54.6 Å². The van der Waals surface area contributed by atoms with Crippen LogP contribution in [-0.2, 0) is 16.8 Å². The van der Waals surface area contributed by atoms with Crippen LogP contribution < -0.4 is 15.4 Å². The number of para-hydroxylation sites is 1. The van der Waals surface area contributed by atoms with Gasteiger partial charge in [0.15, 0.2) is 0 Å². The Morgan fingerprint density at radius 3 is 2.26 bits per heavy atom. The van der Waals surface area contributed by atoms with Gasteiger partial charge in [-0.1, -0.05) is 60.7 Å². The number of hydrogen-bond donors (Lipinski definition) is 2. The topological polar surface area (TPSA) is 53.6 Å². The maximum Gasteiger partial charge on any atom is 0.230 e. The third kappa shape index (κ3) is 5.75. The fourth-order valence-corrected chi connectivity index (χ4v) is 5.41. The van der Waals surface area contributed by atoms with E-state index in [1.54, 1.807) is 0 Å². The monoisotopic (exact) mass is 469 g/mol. The van der Waals surface area contributed by atoms with Crippen molar-refractivity contribution in [1.29, 1.82) is 0 Å². The molecule has 3 aromatic rings. The first-order valence-electron chi connectivity index (χ1n) is 12.8. The smallest absolute Gasteiger partial charge is 0.230 e. The molecule has 0 aromatic heterocycles. The van der Waals surface area contributed by atoms with Crippen molar-refractivity contribution in [3.8, 4) is 11.5 Å². The number of nitrogens with one attached hydrogen (secondary N) is 2. The second kappa shape index (κ2) is 11.1. The first-order valence-corrected chi connectivity index (χ1v) is 12.8. The van der Waals surface area contributed by atoms with E-state index in [0.29, 0.717) is 0 Å². The summed E-state index contributed by atoms with van der Waals surface area (Å²) in [6.07, 6.45) is 3.66. The zero-order valence-corrected chi connectivity index (χ0v) is 20.3. The molecule has 0 bridgehead atoms. The second-order valence-electron chi connectivity index (χ2n) is 9.78. The predicted molar refractivity (Wildman–Crippen MR) is 140 cm³/mol. The van der Waals surface area contributed by atoms with E-state index in [9.17, 15) is 4.79 Å². The van der Waals surface area contributed by atoms with Gasteiger partial charge in [0, 0.05) is 25.7 Å². The summed E-state index contributed by atoms with van der Waals surface area (Å²) >= 11 is 0. The molecule has 182 valence electrons. The standard InChI is InChI=1S/C30H35N3O2/c34-29(30(16-18-31-19-17-30)25-9-3-1-4-10-25)32-26-14-20-33(21-15-26)23-24-8-7-13-28(22-24)35-27-11-5-2-6-12-27/h1-13,22,26,31H,14-21,23H2,(H,32,34). The number of piperidine rings is 2. The fourth-order valence-electron chi connectivity index (χ4n) is 5.41. The molecule has 5 rings (SSSR count). The fraction of sp³-hybridized carbons (Fsp3) is 0.367. The quantitative estimate of drug-likeness (QED) is 0.518. The molecule has 3 aromatic carbocycles. The number of amides is 1. The van der Waals surface area contributed by atoms with Crippen molar-refractivity contribution in [3.05, 3.63) is 96.1 Å². The first-order chi connectivity index (χ1) is 17.2. The van der Waals surface area contributed by atoms with Crippen molar-refractivity contribution in [2.24, 2.45) is 0 Å². The summed E-state index contributed by atoms with van der Waals surface area (Å²) in [5.74, 6) is 1.92. The maximum absolute atomic E-state index is 13.6. The minimum absolute atomic E-state index is 0.203. The summed E-state index contributed by atoms with van der Waals surface area (Å²) < 4.78 is 6.00. The lowest BCUT2D eigenvalue weighted by Crippen LogP contribution is -2.54. The summed E-state index contributed by atoms with van der Waals surface area (Å²) in [7, 11) is 0. The van der Waals surface area contributed by atoms with Gasteiger partial charge in [-0.05, 0) is 74.2 Å². The lowest BCUT2D eigenvalue weighted by atomic mass is 9.72. The molecule has 0 unspecified atom stereocenters. The summed E-state index contributed by atoms with van der Waals surface area (Å²) in [5, 5.41) is 6.85. The van der Waals surface area contributed by atoms with E-state index in [1.165, 1.54) is 5.56 Å². The number of hydrogen-bond acceptors (Lipinski definition) is 4. The number of carbonyl (C=O) groups excluding carboxylic acids is 1. The number of carbonyl (C=O) groups is 1. The summed E-state index contributed by atoms with van der Waals surface area (Å²) in [4.78, 5) is 16.1. The number of likely N-dealkylation sites (tertiary alicyclic amines) is 1. The van der Waals surface area contributed by atoms with Gasteiger partial charge in [0.2, 0.25) is 5.91 Å². The number of ether oxygens (including phenoxy) is 1. The Balaban J connectivity index is 1.16. The molecule has 5 heteroatoms. The predicted octanol–water partition coefficient (Wildman–Crippen LogP) is 4.88.